The fourth-order valence-corrected chi connectivity index (χ4v) is 5.00. The molecule has 1 amide bonds. The highest BCUT2D eigenvalue weighted by atomic mass is 32.2. The summed E-state index contributed by atoms with van der Waals surface area (Å²) in [6.07, 6.45) is 7.41. The SMILES string of the molecule is O=C(NS(=O)(=O)N1CCCCC1)C1[C@H]2CCCC[C@H]12. The van der Waals surface area contributed by atoms with E-state index in [1.54, 1.807) is 0 Å². The van der Waals surface area contributed by atoms with Gasteiger partial charge in [-0.2, -0.15) is 12.7 Å². The number of amides is 1. The topological polar surface area (TPSA) is 66.5 Å². The predicted octanol–water partition coefficient (Wildman–Crippen LogP) is 1.27. The highest BCUT2D eigenvalue weighted by Gasteiger charge is 2.55. The summed E-state index contributed by atoms with van der Waals surface area (Å²) in [5, 5.41) is 0. The molecule has 5 nitrogen and oxygen atoms in total. The lowest BCUT2D eigenvalue weighted by Crippen LogP contribution is -2.46. The zero-order valence-corrected chi connectivity index (χ0v) is 12.0. The molecule has 0 aromatic heterocycles. The smallest absolute Gasteiger partial charge is 0.274 e. The van der Waals surface area contributed by atoms with Crippen molar-refractivity contribution in [3.05, 3.63) is 0 Å². The maximum Gasteiger partial charge on any atom is 0.303 e. The number of fused-ring (bicyclic) bond motifs is 1. The average molecular weight is 286 g/mol. The molecule has 108 valence electrons. The molecule has 6 heteroatoms. The van der Waals surface area contributed by atoms with Crippen LogP contribution in [0.5, 0.6) is 0 Å². The minimum atomic E-state index is -3.60. The fourth-order valence-electron chi connectivity index (χ4n) is 3.75. The molecule has 1 heterocycles. The number of hydrogen-bond donors (Lipinski definition) is 1. The minimum Gasteiger partial charge on any atom is -0.274 e. The van der Waals surface area contributed by atoms with Crippen LogP contribution in [0.25, 0.3) is 0 Å². The van der Waals surface area contributed by atoms with Crippen molar-refractivity contribution in [3.8, 4) is 0 Å². The number of hydrogen-bond acceptors (Lipinski definition) is 3. The van der Waals surface area contributed by atoms with Gasteiger partial charge in [0.25, 0.3) is 0 Å². The molecule has 0 unspecified atom stereocenters. The Morgan fingerprint density at radius 3 is 2.11 bits per heavy atom. The quantitative estimate of drug-likeness (QED) is 0.849. The lowest BCUT2D eigenvalue weighted by molar-refractivity contribution is -0.121. The Bertz CT molecular complexity index is 445. The first-order chi connectivity index (χ1) is 9.09. The summed E-state index contributed by atoms with van der Waals surface area (Å²) in [6.45, 7) is 1.08. The van der Waals surface area contributed by atoms with Crippen molar-refractivity contribution in [1.29, 1.82) is 0 Å². The first-order valence-electron chi connectivity index (χ1n) is 7.41. The summed E-state index contributed by atoms with van der Waals surface area (Å²) >= 11 is 0. The van der Waals surface area contributed by atoms with Crippen molar-refractivity contribution in [2.45, 2.75) is 44.9 Å². The maximum absolute atomic E-state index is 12.1. The molecular weight excluding hydrogens is 264 g/mol. The van der Waals surface area contributed by atoms with Gasteiger partial charge in [-0.3, -0.25) is 4.79 Å². The van der Waals surface area contributed by atoms with Gasteiger partial charge in [-0.1, -0.05) is 19.3 Å². The first-order valence-corrected chi connectivity index (χ1v) is 8.85. The van der Waals surface area contributed by atoms with E-state index in [9.17, 15) is 13.2 Å². The molecule has 0 aromatic carbocycles. The van der Waals surface area contributed by atoms with Crippen LogP contribution in [0.3, 0.4) is 0 Å². The molecule has 1 aliphatic heterocycles. The predicted molar refractivity (Wildman–Crippen MR) is 71.4 cm³/mol. The zero-order valence-electron chi connectivity index (χ0n) is 11.2. The Morgan fingerprint density at radius 2 is 1.53 bits per heavy atom. The van der Waals surface area contributed by atoms with Gasteiger partial charge in [0.2, 0.25) is 5.91 Å². The molecular formula is C13H22N2O3S. The summed E-state index contributed by atoms with van der Waals surface area (Å²) in [7, 11) is -3.60. The van der Waals surface area contributed by atoms with Gasteiger partial charge in [-0.05, 0) is 37.5 Å². The van der Waals surface area contributed by atoms with E-state index in [1.807, 2.05) is 0 Å². The second kappa shape index (κ2) is 5.05. The molecule has 2 saturated carbocycles. The standard InChI is InChI=1S/C13H22N2O3S/c16-13(12-10-6-2-3-7-11(10)12)14-19(17,18)15-8-4-1-5-9-15/h10-12H,1-9H2,(H,14,16)/t10-,11-/m0/s1. The summed E-state index contributed by atoms with van der Waals surface area (Å²) in [5.41, 5.74) is 0. The lowest BCUT2D eigenvalue weighted by atomic mass is 10.0. The highest BCUT2D eigenvalue weighted by Crippen LogP contribution is 2.55. The number of carbonyl (C=O) groups is 1. The van der Waals surface area contributed by atoms with E-state index in [4.69, 9.17) is 0 Å². The van der Waals surface area contributed by atoms with Crippen LogP contribution in [0.15, 0.2) is 0 Å². The van der Waals surface area contributed by atoms with E-state index in [-0.39, 0.29) is 11.8 Å². The molecule has 0 radical (unpaired) electrons. The third-order valence-electron chi connectivity index (χ3n) is 4.84. The summed E-state index contributed by atoms with van der Waals surface area (Å²) < 4.78 is 28.0. The van der Waals surface area contributed by atoms with Crippen LogP contribution >= 0.6 is 0 Å². The van der Waals surface area contributed by atoms with E-state index in [0.29, 0.717) is 24.9 Å². The highest BCUT2D eigenvalue weighted by molar-refractivity contribution is 7.87. The average Bonchev–Trinajstić information content (AvgIpc) is 3.13. The monoisotopic (exact) mass is 286 g/mol. The minimum absolute atomic E-state index is 0.0398. The number of piperidine rings is 1. The maximum atomic E-state index is 12.1. The van der Waals surface area contributed by atoms with E-state index in [1.165, 1.54) is 17.1 Å². The van der Waals surface area contributed by atoms with E-state index in [0.717, 1.165) is 32.1 Å². The van der Waals surface area contributed by atoms with Gasteiger partial charge in [-0.15, -0.1) is 0 Å². The number of nitrogens with one attached hydrogen (secondary N) is 1. The zero-order chi connectivity index (χ0) is 13.5. The third-order valence-corrected chi connectivity index (χ3v) is 6.35. The van der Waals surface area contributed by atoms with E-state index in [2.05, 4.69) is 4.72 Å². The van der Waals surface area contributed by atoms with Crippen LogP contribution < -0.4 is 4.72 Å². The first kappa shape index (κ1) is 13.4. The Balaban J connectivity index is 1.59. The van der Waals surface area contributed by atoms with Crippen molar-refractivity contribution in [2.75, 3.05) is 13.1 Å². The molecule has 3 aliphatic rings. The van der Waals surface area contributed by atoms with Crippen molar-refractivity contribution in [2.24, 2.45) is 17.8 Å². The van der Waals surface area contributed by atoms with E-state index < -0.39 is 10.2 Å². The Hall–Kier alpha value is -0.620. The number of carbonyl (C=O) groups excluding carboxylic acids is 1. The normalized spacial score (nSPS) is 35.5. The molecule has 19 heavy (non-hydrogen) atoms. The van der Waals surface area contributed by atoms with Crippen molar-refractivity contribution < 1.29 is 13.2 Å². The van der Waals surface area contributed by atoms with Gasteiger partial charge in [0.15, 0.2) is 0 Å². The Kier molecular flexibility index (Phi) is 3.55. The van der Waals surface area contributed by atoms with Crippen LogP contribution in [0, 0.1) is 17.8 Å². The van der Waals surface area contributed by atoms with Gasteiger partial charge in [0.05, 0.1) is 0 Å². The van der Waals surface area contributed by atoms with Crippen LogP contribution in [0.2, 0.25) is 0 Å². The molecule has 2 aliphatic carbocycles. The molecule has 3 rings (SSSR count). The van der Waals surface area contributed by atoms with Crippen LogP contribution in [-0.4, -0.2) is 31.7 Å². The number of nitrogens with zero attached hydrogens (tertiary/aromatic N) is 1. The molecule has 1 N–H and O–H groups in total. The van der Waals surface area contributed by atoms with Crippen LogP contribution in [0.1, 0.15) is 44.9 Å². The summed E-state index contributed by atoms with van der Waals surface area (Å²) in [4.78, 5) is 12.1. The largest absolute Gasteiger partial charge is 0.303 e. The molecule has 0 bridgehead atoms. The van der Waals surface area contributed by atoms with Crippen molar-refractivity contribution in [1.82, 2.24) is 9.03 Å². The molecule has 0 spiro atoms. The van der Waals surface area contributed by atoms with E-state index >= 15 is 0 Å². The van der Waals surface area contributed by atoms with Crippen molar-refractivity contribution in [3.63, 3.8) is 0 Å². The second-order valence-electron chi connectivity index (χ2n) is 6.07. The van der Waals surface area contributed by atoms with Crippen molar-refractivity contribution >= 4 is 16.1 Å². The fraction of sp³-hybridized carbons (Fsp3) is 0.923. The van der Waals surface area contributed by atoms with Gasteiger partial charge in [0.1, 0.15) is 0 Å². The lowest BCUT2D eigenvalue weighted by Gasteiger charge is -2.25. The molecule has 3 fully saturated rings. The Labute approximate surface area is 114 Å². The Morgan fingerprint density at radius 1 is 0.947 bits per heavy atom. The second-order valence-corrected chi connectivity index (χ2v) is 7.74. The van der Waals surface area contributed by atoms with Crippen LogP contribution in [-0.2, 0) is 15.0 Å². The third kappa shape index (κ3) is 2.65. The summed E-state index contributed by atoms with van der Waals surface area (Å²) in [5.74, 6) is 0.597. The van der Waals surface area contributed by atoms with Gasteiger partial charge < -0.3 is 0 Å². The van der Waals surface area contributed by atoms with Gasteiger partial charge in [0, 0.05) is 19.0 Å². The molecule has 1 saturated heterocycles. The van der Waals surface area contributed by atoms with Gasteiger partial charge in [-0.25, -0.2) is 4.72 Å². The molecule has 0 aromatic rings. The summed E-state index contributed by atoms with van der Waals surface area (Å²) in [6, 6.07) is 0. The number of rotatable bonds is 3. The van der Waals surface area contributed by atoms with Crippen LogP contribution in [0.4, 0.5) is 0 Å². The van der Waals surface area contributed by atoms with Gasteiger partial charge >= 0.3 is 10.2 Å². The molecule has 2 atom stereocenters.